The highest BCUT2D eigenvalue weighted by Gasteiger charge is 2.08. The molecular weight excluding hydrogens is 214 g/mol. The average Bonchev–Trinajstić information content (AvgIpc) is 2.15. The van der Waals surface area contributed by atoms with Crippen LogP contribution in [0, 0.1) is 0 Å². The van der Waals surface area contributed by atoms with Gasteiger partial charge in [0, 0.05) is 6.04 Å². The van der Waals surface area contributed by atoms with Gasteiger partial charge in [0.05, 0.1) is 12.9 Å². The van der Waals surface area contributed by atoms with Gasteiger partial charge in [-0.25, -0.2) is 0 Å². The molecule has 84 valence electrons. The van der Waals surface area contributed by atoms with Crippen LogP contribution >= 0.6 is 0 Å². The monoisotopic (exact) mass is 229 g/mol. The van der Waals surface area contributed by atoms with Gasteiger partial charge in [0.25, 0.3) is 10.1 Å². The predicted octanol–water partition coefficient (Wildman–Crippen LogP) is 0.533. The molecule has 2 N–H and O–H groups in total. The largest absolute Gasteiger partial charge is 0.325 e. The van der Waals surface area contributed by atoms with Gasteiger partial charge in [-0.15, -0.1) is 0 Å². The first kappa shape index (κ1) is 12.2. The van der Waals surface area contributed by atoms with E-state index in [9.17, 15) is 8.42 Å². The Morgan fingerprint density at radius 1 is 1.33 bits per heavy atom. The molecule has 0 saturated carbocycles. The molecule has 0 aliphatic heterocycles. The summed E-state index contributed by atoms with van der Waals surface area (Å²) in [4.78, 5) is 0. The van der Waals surface area contributed by atoms with Crippen molar-refractivity contribution in [3.05, 3.63) is 35.9 Å². The lowest BCUT2D eigenvalue weighted by molar-refractivity contribution is 0.293. The first-order valence-corrected chi connectivity index (χ1v) is 6.43. The van der Waals surface area contributed by atoms with Crippen LogP contribution in [0.25, 0.3) is 0 Å². The van der Waals surface area contributed by atoms with Crippen LogP contribution in [0.2, 0.25) is 0 Å². The Hall–Kier alpha value is -0.910. The van der Waals surface area contributed by atoms with Crippen LogP contribution < -0.4 is 5.73 Å². The van der Waals surface area contributed by atoms with E-state index in [1.165, 1.54) is 0 Å². The second kappa shape index (κ2) is 5.25. The molecule has 0 aromatic heterocycles. The molecule has 0 spiro atoms. The third-order valence-corrected chi connectivity index (χ3v) is 2.40. The van der Waals surface area contributed by atoms with Crippen LogP contribution in [-0.2, 0) is 20.7 Å². The van der Waals surface area contributed by atoms with Gasteiger partial charge in [-0.1, -0.05) is 30.3 Å². The van der Waals surface area contributed by atoms with Crippen LogP contribution in [0.5, 0.6) is 0 Å². The maximum absolute atomic E-state index is 10.7. The first-order valence-electron chi connectivity index (χ1n) is 4.61. The quantitative estimate of drug-likeness (QED) is 0.748. The van der Waals surface area contributed by atoms with Crippen molar-refractivity contribution in [1.29, 1.82) is 0 Å². The van der Waals surface area contributed by atoms with E-state index >= 15 is 0 Å². The topological polar surface area (TPSA) is 69.4 Å². The number of hydrogen-bond donors (Lipinski definition) is 1. The molecule has 0 bridgehead atoms. The minimum Gasteiger partial charge on any atom is -0.325 e. The van der Waals surface area contributed by atoms with Crippen molar-refractivity contribution in [3.8, 4) is 0 Å². The van der Waals surface area contributed by atoms with Gasteiger partial charge < -0.3 is 5.73 Å². The molecule has 5 heteroatoms. The fraction of sp³-hybridized carbons (Fsp3) is 0.400. The number of nitrogens with two attached hydrogens (primary N) is 1. The zero-order valence-electron chi connectivity index (χ0n) is 8.59. The van der Waals surface area contributed by atoms with Gasteiger partial charge >= 0.3 is 0 Å². The van der Waals surface area contributed by atoms with E-state index in [1.807, 2.05) is 30.3 Å². The number of benzene rings is 1. The fourth-order valence-corrected chi connectivity index (χ4v) is 1.61. The van der Waals surface area contributed by atoms with Crippen molar-refractivity contribution in [1.82, 2.24) is 0 Å². The summed E-state index contributed by atoms with van der Waals surface area (Å²) in [6, 6.07) is 9.34. The second-order valence-electron chi connectivity index (χ2n) is 3.44. The molecule has 0 aliphatic carbocycles. The second-order valence-corrected chi connectivity index (χ2v) is 5.08. The third-order valence-electron chi connectivity index (χ3n) is 1.84. The smallest absolute Gasteiger partial charge is 0.264 e. The van der Waals surface area contributed by atoms with Crippen LogP contribution in [0.4, 0.5) is 0 Å². The molecule has 15 heavy (non-hydrogen) atoms. The van der Waals surface area contributed by atoms with Crippen LogP contribution in [0.1, 0.15) is 5.56 Å². The van der Waals surface area contributed by atoms with Gasteiger partial charge in [-0.3, -0.25) is 4.18 Å². The standard InChI is InChI=1S/C10H15NO3S/c1-15(12,13)14-8-10(11)7-9-5-3-2-4-6-9/h2-6,10H,7-8,11H2,1H3/t10-/m0/s1. The lowest BCUT2D eigenvalue weighted by Gasteiger charge is -2.10. The van der Waals surface area contributed by atoms with Gasteiger partial charge in [0.15, 0.2) is 0 Å². The summed E-state index contributed by atoms with van der Waals surface area (Å²) in [5.41, 5.74) is 6.79. The maximum Gasteiger partial charge on any atom is 0.264 e. The average molecular weight is 229 g/mol. The van der Waals surface area contributed by atoms with Crippen molar-refractivity contribution in [3.63, 3.8) is 0 Å². The molecule has 0 aliphatic rings. The van der Waals surface area contributed by atoms with E-state index in [0.29, 0.717) is 6.42 Å². The highest BCUT2D eigenvalue weighted by molar-refractivity contribution is 7.85. The zero-order chi connectivity index (χ0) is 11.3. The molecule has 0 radical (unpaired) electrons. The van der Waals surface area contributed by atoms with Crippen molar-refractivity contribution < 1.29 is 12.6 Å². The molecule has 1 aromatic carbocycles. The summed E-state index contributed by atoms with van der Waals surface area (Å²) >= 11 is 0. The van der Waals surface area contributed by atoms with Crippen LogP contribution in [0.3, 0.4) is 0 Å². The molecule has 1 aromatic rings. The maximum atomic E-state index is 10.7. The highest BCUT2D eigenvalue weighted by atomic mass is 32.2. The van der Waals surface area contributed by atoms with E-state index in [2.05, 4.69) is 4.18 Å². The van der Waals surface area contributed by atoms with Gasteiger partial charge in [0.2, 0.25) is 0 Å². The Balaban J connectivity index is 2.40. The summed E-state index contributed by atoms with van der Waals surface area (Å²) in [6.07, 6.45) is 1.62. The van der Waals surface area contributed by atoms with E-state index in [4.69, 9.17) is 5.73 Å². The molecule has 0 heterocycles. The SMILES string of the molecule is CS(=O)(=O)OC[C@@H](N)Cc1ccccc1. The number of hydrogen-bond acceptors (Lipinski definition) is 4. The van der Waals surface area contributed by atoms with Crippen LogP contribution in [0.15, 0.2) is 30.3 Å². The molecule has 1 atom stereocenters. The summed E-state index contributed by atoms with van der Waals surface area (Å²) in [7, 11) is -3.39. The highest BCUT2D eigenvalue weighted by Crippen LogP contribution is 2.02. The zero-order valence-corrected chi connectivity index (χ0v) is 9.41. The molecule has 0 saturated heterocycles. The van der Waals surface area contributed by atoms with E-state index in [-0.39, 0.29) is 12.6 Å². The molecule has 1 rings (SSSR count). The normalized spacial score (nSPS) is 13.7. The Morgan fingerprint density at radius 2 is 1.93 bits per heavy atom. The Bertz CT molecular complexity index is 388. The lowest BCUT2D eigenvalue weighted by atomic mass is 10.1. The lowest BCUT2D eigenvalue weighted by Crippen LogP contribution is -2.29. The van der Waals surface area contributed by atoms with Crippen molar-refractivity contribution in [2.24, 2.45) is 5.73 Å². The van der Waals surface area contributed by atoms with Gasteiger partial charge in [0.1, 0.15) is 0 Å². The summed E-state index contributed by atoms with van der Waals surface area (Å²) < 4.78 is 26.0. The molecular formula is C10H15NO3S. The van der Waals surface area contributed by atoms with Crippen molar-refractivity contribution in [2.45, 2.75) is 12.5 Å². The van der Waals surface area contributed by atoms with E-state index in [1.54, 1.807) is 0 Å². The minimum absolute atomic E-state index is 0.0216. The Morgan fingerprint density at radius 3 is 2.47 bits per heavy atom. The number of rotatable bonds is 5. The van der Waals surface area contributed by atoms with Crippen molar-refractivity contribution >= 4 is 10.1 Å². The summed E-state index contributed by atoms with van der Waals surface area (Å²) in [5.74, 6) is 0. The molecule has 4 nitrogen and oxygen atoms in total. The summed E-state index contributed by atoms with van der Waals surface area (Å²) in [6.45, 7) is 0.0216. The van der Waals surface area contributed by atoms with E-state index < -0.39 is 10.1 Å². The van der Waals surface area contributed by atoms with Gasteiger partial charge in [-0.2, -0.15) is 8.42 Å². The Kier molecular flexibility index (Phi) is 4.26. The first-order chi connectivity index (χ1) is 6.97. The molecule has 0 unspecified atom stereocenters. The molecule has 0 fully saturated rings. The minimum atomic E-state index is -3.39. The fourth-order valence-electron chi connectivity index (χ4n) is 1.19. The molecule has 0 amide bonds. The third kappa shape index (κ3) is 5.51. The van der Waals surface area contributed by atoms with Crippen LogP contribution in [-0.4, -0.2) is 27.3 Å². The van der Waals surface area contributed by atoms with Gasteiger partial charge in [-0.05, 0) is 12.0 Å². The predicted molar refractivity (Wildman–Crippen MR) is 58.9 cm³/mol. The van der Waals surface area contributed by atoms with Crippen molar-refractivity contribution in [2.75, 3.05) is 12.9 Å². The Labute approximate surface area is 90.2 Å². The summed E-state index contributed by atoms with van der Waals surface area (Å²) in [5, 5.41) is 0. The van der Waals surface area contributed by atoms with E-state index in [0.717, 1.165) is 11.8 Å².